The Morgan fingerprint density at radius 3 is 2.59 bits per heavy atom. The van der Waals surface area contributed by atoms with Gasteiger partial charge in [-0.05, 0) is 37.0 Å². The monoisotopic (exact) mass is 407 g/mol. The number of fused-ring (bicyclic) bond motifs is 2. The predicted molar refractivity (Wildman–Crippen MR) is 103 cm³/mol. The van der Waals surface area contributed by atoms with Crippen LogP contribution < -0.4 is 32.5 Å². The highest BCUT2D eigenvalue weighted by atomic mass is 19.1. The number of pyridine rings is 1. The van der Waals surface area contributed by atoms with Crippen molar-refractivity contribution in [2.75, 3.05) is 30.9 Å². The van der Waals surface area contributed by atoms with Gasteiger partial charge in [0.25, 0.3) is 5.56 Å². The van der Waals surface area contributed by atoms with E-state index in [9.17, 15) is 14.0 Å². The van der Waals surface area contributed by atoms with Crippen molar-refractivity contribution in [3.63, 3.8) is 0 Å². The Morgan fingerprint density at radius 2 is 1.97 bits per heavy atom. The number of rotatable bonds is 3. The Morgan fingerprint density at radius 1 is 1.24 bits per heavy atom. The SMILES string of the molecule is COc1c(N2CC3CC(F)C(N)C3C2)c(F)cn2c(=O)n(N)c(=O)c(C3CC3)c12. The molecule has 4 N–H and O–H groups in total. The fourth-order valence-corrected chi connectivity index (χ4v) is 5.11. The number of hydrogen-bond donors (Lipinski definition) is 2. The molecule has 0 spiro atoms. The number of halogens is 2. The van der Waals surface area contributed by atoms with Crippen molar-refractivity contribution < 1.29 is 13.5 Å². The Balaban J connectivity index is 1.73. The number of aromatic nitrogens is 2. The molecule has 3 aliphatic rings. The molecule has 1 saturated heterocycles. The van der Waals surface area contributed by atoms with Crippen LogP contribution in [-0.4, -0.2) is 41.5 Å². The van der Waals surface area contributed by atoms with Crippen molar-refractivity contribution in [2.45, 2.75) is 37.4 Å². The van der Waals surface area contributed by atoms with Crippen LogP contribution in [0.5, 0.6) is 5.75 Å². The van der Waals surface area contributed by atoms with Gasteiger partial charge in [-0.2, -0.15) is 4.68 Å². The molecule has 2 aromatic rings. The lowest BCUT2D eigenvalue weighted by Crippen LogP contribution is -2.44. The number of ether oxygens (including phenoxy) is 1. The van der Waals surface area contributed by atoms with Gasteiger partial charge in [-0.1, -0.05) is 0 Å². The second-order valence-electron chi connectivity index (χ2n) is 8.38. The fraction of sp³-hybridized carbons (Fsp3) is 0.579. The maximum Gasteiger partial charge on any atom is 0.354 e. The van der Waals surface area contributed by atoms with Crippen LogP contribution in [0.25, 0.3) is 5.52 Å². The maximum atomic E-state index is 15.2. The van der Waals surface area contributed by atoms with E-state index in [1.54, 1.807) is 4.90 Å². The summed E-state index contributed by atoms with van der Waals surface area (Å²) in [7, 11) is 1.38. The normalized spacial score (nSPS) is 28.9. The lowest BCUT2D eigenvalue weighted by atomic mass is 9.98. The molecule has 0 bridgehead atoms. The molecule has 29 heavy (non-hydrogen) atoms. The lowest BCUT2D eigenvalue weighted by Gasteiger charge is -2.26. The maximum absolute atomic E-state index is 15.2. The van der Waals surface area contributed by atoms with E-state index < -0.39 is 29.3 Å². The molecule has 2 aromatic heterocycles. The summed E-state index contributed by atoms with van der Waals surface area (Å²) < 4.78 is 36.3. The second kappa shape index (κ2) is 6.19. The fourth-order valence-electron chi connectivity index (χ4n) is 5.11. The minimum Gasteiger partial charge on any atom is -0.492 e. The molecule has 0 aromatic carbocycles. The van der Waals surface area contributed by atoms with Crippen LogP contribution >= 0.6 is 0 Å². The third kappa shape index (κ3) is 2.51. The smallest absolute Gasteiger partial charge is 0.354 e. The molecule has 0 amide bonds. The Labute approximate surface area is 164 Å². The molecular formula is C19H23F2N5O3. The quantitative estimate of drug-likeness (QED) is 0.710. The summed E-state index contributed by atoms with van der Waals surface area (Å²) in [6, 6.07) is -0.575. The molecule has 156 valence electrons. The largest absolute Gasteiger partial charge is 0.492 e. The molecule has 8 nitrogen and oxygen atoms in total. The second-order valence-corrected chi connectivity index (χ2v) is 8.38. The molecule has 2 aliphatic carbocycles. The summed E-state index contributed by atoms with van der Waals surface area (Å²) in [6.07, 6.45) is 1.94. The van der Waals surface area contributed by atoms with E-state index in [-0.39, 0.29) is 34.7 Å². The van der Waals surface area contributed by atoms with Gasteiger partial charge in [0.05, 0.1) is 18.9 Å². The average molecular weight is 407 g/mol. The van der Waals surface area contributed by atoms with Crippen LogP contribution in [0.2, 0.25) is 0 Å². The minimum absolute atomic E-state index is 0.0301. The molecule has 4 unspecified atom stereocenters. The average Bonchev–Trinajstić information content (AvgIpc) is 3.39. The zero-order valence-electron chi connectivity index (χ0n) is 16.0. The standard InChI is InChI=1S/C19H23F2N5O3/c1-29-17-15(24-5-9-4-11(20)14(22)10(9)6-24)12(21)7-25-16(17)13(8-2-3-8)18(27)26(23)19(25)28/h7-11,14H,2-6,22-23H2,1H3. The van der Waals surface area contributed by atoms with Crippen LogP contribution in [0.15, 0.2) is 15.8 Å². The third-order valence-corrected chi connectivity index (χ3v) is 6.69. The van der Waals surface area contributed by atoms with Gasteiger partial charge >= 0.3 is 5.69 Å². The summed E-state index contributed by atoms with van der Waals surface area (Å²) in [5, 5.41) is 0. The Bertz CT molecular complexity index is 1130. The van der Waals surface area contributed by atoms with E-state index in [0.717, 1.165) is 23.4 Å². The first kappa shape index (κ1) is 18.4. The molecular weight excluding hydrogens is 384 g/mol. The van der Waals surface area contributed by atoms with E-state index in [1.165, 1.54) is 7.11 Å². The van der Waals surface area contributed by atoms with Crippen molar-refractivity contribution in [2.24, 2.45) is 17.6 Å². The van der Waals surface area contributed by atoms with Gasteiger partial charge in [-0.15, -0.1) is 0 Å². The van der Waals surface area contributed by atoms with Gasteiger partial charge in [0.1, 0.15) is 17.4 Å². The van der Waals surface area contributed by atoms with Crippen molar-refractivity contribution in [1.29, 1.82) is 0 Å². The first-order chi connectivity index (χ1) is 13.8. The first-order valence-electron chi connectivity index (χ1n) is 9.80. The third-order valence-electron chi connectivity index (χ3n) is 6.69. The van der Waals surface area contributed by atoms with E-state index in [0.29, 0.717) is 29.7 Å². The number of nitrogens with two attached hydrogens (primary N) is 2. The van der Waals surface area contributed by atoms with Gasteiger partial charge in [0, 0.05) is 19.1 Å². The molecule has 5 rings (SSSR count). The van der Waals surface area contributed by atoms with Crippen LogP contribution in [0.4, 0.5) is 14.5 Å². The Kier molecular flexibility index (Phi) is 3.93. The summed E-state index contributed by atoms with van der Waals surface area (Å²) in [5.74, 6) is 5.03. The Hall–Kier alpha value is -2.62. The highest BCUT2D eigenvalue weighted by molar-refractivity contribution is 5.78. The molecule has 1 aliphatic heterocycles. The molecule has 2 saturated carbocycles. The summed E-state index contributed by atoms with van der Waals surface area (Å²) >= 11 is 0. The topological polar surface area (TPSA) is 108 Å². The lowest BCUT2D eigenvalue weighted by molar-refractivity contribution is 0.292. The van der Waals surface area contributed by atoms with Crippen LogP contribution in [-0.2, 0) is 0 Å². The number of hydrogen-bond acceptors (Lipinski definition) is 6. The zero-order valence-corrected chi connectivity index (χ0v) is 16.0. The highest BCUT2D eigenvalue weighted by Crippen LogP contribution is 2.47. The van der Waals surface area contributed by atoms with Crippen molar-refractivity contribution in [3.8, 4) is 5.75 Å². The first-order valence-corrected chi connectivity index (χ1v) is 9.80. The van der Waals surface area contributed by atoms with E-state index in [2.05, 4.69) is 0 Å². The van der Waals surface area contributed by atoms with Gasteiger partial charge in [-0.3, -0.25) is 9.20 Å². The van der Waals surface area contributed by atoms with Crippen molar-refractivity contribution in [1.82, 2.24) is 9.08 Å². The van der Waals surface area contributed by atoms with E-state index >= 15 is 4.39 Å². The van der Waals surface area contributed by atoms with Gasteiger partial charge < -0.3 is 21.2 Å². The molecule has 10 heteroatoms. The van der Waals surface area contributed by atoms with Gasteiger partial charge in [0.15, 0.2) is 11.6 Å². The number of anilines is 1. The molecule has 0 radical (unpaired) electrons. The summed E-state index contributed by atoms with van der Waals surface area (Å²) in [4.78, 5) is 27.1. The summed E-state index contributed by atoms with van der Waals surface area (Å²) in [6.45, 7) is 0.839. The minimum atomic E-state index is -1.04. The van der Waals surface area contributed by atoms with Crippen LogP contribution in [0.3, 0.4) is 0 Å². The molecule has 3 heterocycles. The van der Waals surface area contributed by atoms with Crippen molar-refractivity contribution >= 4 is 11.2 Å². The number of methoxy groups -OCH3 is 1. The van der Waals surface area contributed by atoms with E-state index in [4.69, 9.17) is 16.3 Å². The van der Waals surface area contributed by atoms with Gasteiger partial charge in [-0.25, -0.2) is 13.6 Å². The predicted octanol–water partition coefficient (Wildman–Crippen LogP) is 0.322. The number of nitrogens with zero attached hydrogens (tertiary/aromatic N) is 3. The van der Waals surface area contributed by atoms with Crippen molar-refractivity contribution in [3.05, 3.63) is 38.4 Å². The van der Waals surface area contributed by atoms with E-state index in [1.807, 2.05) is 0 Å². The van der Waals surface area contributed by atoms with Gasteiger partial charge in [0.2, 0.25) is 0 Å². The summed E-state index contributed by atoms with van der Waals surface area (Å²) in [5.41, 5.74) is 5.38. The number of nitrogen functional groups attached to an aromatic ring is 1. The highest BCUT2D eigenvalue weighted by Gasteiger charge is 2.48. The number of alkyl halides is 1. The molecule has 3 fully saturated rings. The van der Waals surface area contributed by atoms with Crippen LogP contribution in [0.1, 0.15) is 30.7 Å². The molecule has 4 atom stereocenters. The zero-order chi connectivity index (χ0) is 20.6. The van der Waals surface area contributed by atoms with Crippen LogP contribution in [0, 0.1) is 17.7 Å².